The maximum atomic E-state index is 11.6. The number of carbonyl (C=O) groups excluding carboxylic acids is 1. The predicted molar refractivity (Wildman–Crippen MR) is 131 cm³/mol. The molecule has 7 heteroatoms. The molecule has 1 aliphatic heterocycles. The molecule has 0 bridgehead atoms. The lowest BCUT2D eigenvalue weighted by Gasteiger charge is -2.36. The summed E-state index contributed by atoms with van der Waals surface area (Å²) in [5.41, 5.74) is 2.29. The quantitative estimate of drug-likeness (QED) is 0.359. The summed E-state index contributed by atoms with van der Waals surface area (Å²) in [5.74, 6) is 1.90. The number of para-hydroxylation sites is 1. The molecule has 2 aromatic carbocycles. The molecule has 6 nitrogen and oxygen atoms in total. The van der Waals surface area contributed by atoms with Gasteiger partial charge in [-0.25, -0.2) is 4.99 Å². The van der Waals surface area contributed by atoms with Crippen LogP contribution in [0, 0.1) is 0 Å². The van der Waals surface area contributed by atoms with Crippen LogP contribution in [0.15, 0.2) is 59.6 Å². The molecule has 1 fully saturated rings. The Kier molecular flexibility index (Phi) is 9.93. The van der Waals surface area contributed by atoms with E-state index in [1.165, 1.54) is 0 Å². The highest BCUT2D eigenvalue weighted by Gasteiger charge is 2.20. The fraction of sp³-hybridized carbons (Fsp3) is 0.391. The zero-order chi connectivity index (χ0) is 20.5. The third-order valence-corrected chi connectivity index (χ3v) is 5.01. The van der Waals surface area contributed by atoms with Crippen molar-refractivity contribution in [2.45, 2.75) is 27.0 Å². The molecular formula is C23H31IN4O2. The summed E-state index contributed by atoms with van der Waals surface area (Å²) < 4.78 is 5.93. The van der Waals surface area contributed by atoms with Gasteiger partial charge in [-0.2, -0.15) is 0 Å². The van der Waals surface area contributed by atoms with Crippen LogP contribution in [-0.4, -0.2) is 54.4 Å². The molecule has 0 radical (unpaired) electrons. The number of guanidine groups is 1. The van der Waals surface area contributed by atoms with E-state index in [-0.39, 0.29) is 29.9 Å². The van der Waals surface area contributed by atoms with Gasteiger partial charge in [0.25, 0.3) is 0 Å². The Morgan fingerprint density at radius 1 is 0.967 bits per heavy atom. The molecule has 1 saturated heterocycles. The van der Waals surface area contributed by atoms with Gasteiger partial charge < -0.3 is 19.9 Å². The highest BCUT2D eigenvalue weighted by atomic mass is 127. The van der Waals surface area contributed by atoms with E-state index in [0.717, 1.165) is 55.6 Å². The van der Waals surface area contributed by atoms with E-state index in [2.05, 4.69) is 29.3 Å². The van der Waals surface area contributed by atoms with Crippen molar-refractivity contribution in [3.05, 3.63) is 65.7 Å². The van der Waals surface area contributed by atoms with Gasteiger partial charge in [0.15, 0.2) is 5.96 Å². The van der Waals surface area contributed by atoms with Gasteiger partial charge in [-0.3, -0.25) is 4.79 Å². The zero-order valence-corrected chi connectivity index (χ0v) is 20.0. The van der Waals surface area contributed by atoms with Crippen LogP contribution in [0.5, 0.6) is 5.75 Å². The fourth-order valence-electron chi connectivity index (χ4n) is 3.35. The largest absolute Gasteiger partial charge is 0.489 e. The van der Waals surface area contributed by atoms with E-state index in [4.69, 9.17) is 9.73 Å². The Morgan fingerprint density at radius 3 is 2.20 bits per heavy atom. The number of halogens is 1. The number of hydrogen-bond donors (Lipinski definition) is 1. The van der Waals surface area contributed by atoms with Crippen molar-refractivity contribution >= 4 is 35.8 Å². The lowest BCUT2D eigenvalue weighted by molar-refractivity contribution is -0.130. The second kappa shape index (κ2) is 12.4. The topological polar surface area (TPSA) is 57.2 Å². The van der Waals surface area contributed by atoms with Crippen LogP contribution in [-0.2, 0) is 17.9 Å². The van der Waals surface area contributed by atoms with Crippen LogP contribution in [0.1, 0.15) is 25.0 Å². The normalized spacial score (nSPS) is 14.1. The number of ether oxygens (including phenoxy) is 1. The Labute approximate surface area is 196 Å². The Bertz CT molecular complexity index is 821. The van der Waals surface area contributed by atoms with E-state index >= 15 is 0 Å². The molecule has 0 saturated carbocycles. The molecule has 0 atom stereocenters. The van der Waals surface area contributed by atoms with Crippen molar-refractivity contribution in [3.8, 4) is 5.75 Å². The molecule has 162 valence electrons. The first-order chi connectivity index (χ1) is 14.2. The molecule has 30 heavy (non-hydrogen) atoms. The molecular weight excluding hydrogens is 491 g/mol. The van der Waals surface area contributed by atoms with E-state index < -0.39 is 0 Å². The number of hydrogen-bond acceptors (Lipinski definition) is 3. The van der Waals surface area contributed by atoms with E-state index in [9.17, 15) is 4.79 Å². The molecule has 0 aromatic heterocycles. The average Bonchev–Trinajstić information content (AvgIpc) is 2.76. The Hall–Kier alpha value is -2.29. The monoisotopic (exact) mass is 522 g/mol. The first-order valence-electron chi connectivity index (χ1n) is 10.2. The highest BCUT2D eigenvalue weighted by Crippen LogP contribution is 2.16. The number of rotatable bonds is 6. The fourth-order valence-corrected chi connectivity index (χ4v) is 3.35. The number of amides is 1. The average molecular weight is 522 g/mol. The molecule has 0 aliphatic carbocycles. The Morgan fingerprint density at radius 2 is 1.57 bits per heavy atom. The Balaban J connectivity index is 0.00000320. The van der Waals surface area contributed by atoms with E-state index in [1.807, 2.05) is 47.4 Å². The number of carbonyl (C=O) groups is 1. The maximum absolute atomic E-state index is 11.6. The van der Waals surface area contributed by atoms with Crippen molar-refractivity contribution in [2.75, 3.05) is 32.7 Å². The van der Waals surface area contributed by atoms with Crippen LogP contribution in [0.3, 0.4) is 0 Å². The van der Waals surface area contributed by atoms with Crippen LogP contribution in [0.2, 0.25) is 0 Å². The molecule has 1 N–H and O–H groups in total. The third kappa shape index (κ3) is 6.90. The predicted octanol–water partition coefficient (Wildman–Crippen LogP) is 3.51. The number of aliphatic imine (C=N–C) groups is 1. The number of piperazine rings is 1. The highest BCUT2D eigenvalue weighted by molar-refractivity contribution is 14.0. The van der Waals surface area contributed by atoms with Crippen molar-refractivity contribution in [3.63, 3.8) is 0 Å². The molecule has 2 aromatic rings. The van der Waals surface area contributed by atoms with Crippen molar-refractivity contribution in [2.24, 2.45) is 4.99 Å². The summed E-state index contributed by atoms with van der Waals surface area (Å²) in [6.07, 6.45) is 0. The van der Waals surface area contributed by atoms with Crippen molar-refractivity contribution in [1.82, 2.24) is 15.1 Å². The van der Waals surface area contributed by atoms with Crippen LogP contribution < -0.4 is 10.1 Å². The molecule has 1 aliphatic rings. The lowest BCUT2D eigenvalue weighted by Crippen LogP contribution is -2.53. The van der Waals surface area contributed by atoms with Gasteiger partial charge in [0.2, 0.25) is 5.91 Å². The van der Waals surface area contributed by atoms with Crippen LogP contribution in [0.25, 0.3) is 0 Å². The van der Waals surface area contributed by atoms with Gasteiger partial charge >= 0.3 is 0 Å². The summed E-state index contributed by atoms with van der Waals surface area (Å²) in [6, 6.07) is 18.1. The summed E-state index contributed by atoms with van der Waals surface area (Å²) in [7, 11) is 0. The number of nitrogens with one attached hydrogen (secondary N) is 1. The van der Waals surface area contributed by atoms with E-state index in [0.29, 0.717) is 13.2 Å². The first-order valence-corrected chi connectivity index (χ1v) is 10.2. The smallest absolute Gasteiger partial charge is 0.219 e. The van der Waals surface area contributed by atoms with Gasteiger partial charge in [-0.05, 0) is 30.2 Å². The number of nitrogens with zero attached hydrogens (tertiary/aromatic N) is 3. The van der Waals surface area contributed by atoms with Gasteiger partial charge in [-0.1, -0.05) is 42.5 Å². The summed E-state index contributed by atoms with van der Waals surface area (Å²) in [5, 5.41) is 3.39. The van der Waals surface area contributed by atoms with Gasteiger partial charge in [0, 0.05) is 39.6 Å². The SMILES string of the molecule is CCNC(=NCc1ccccc1COc1ccccc1)N1CCN(C(C)=O)CC1.I. The minimum Gasteiger partial charge on any atom is -0.489 e. The summed E-state index contributed by atoms with van der Waals surface area (Å²) in [4.78, 5) is 20.5. The minimum atomic E-state index is 0. The zero-order valence-electron chi connectivity index (χ0n) is 17.7. The molecule has 1 heterocycles. The standard InChI is InChI=1S/C23H30N4O2.HI/c1-3-24-23(27-15-13-26(14-16-27)19(2)28)25-17-20-9-7-8-10-21(20)18-29-22-11-5-4-6-12-22;/h4-12H,3,13-18H2,1-2H3,(H,24,25);1H. The second-order valence-electron chi connectivity index (χ2n) is 7.03. The van der Waals surface area contributed by atoms with Gasteiger partial charge in [0.05, 0.1) is 6.54 Å². The van der Waals surface area contributed by atoms with Crippen LogP contribution >= 0.6 is 24.0 Å². The van der Waals surface area contributed by atoms with Crippen molar-refractivity contribution in [1.29, 1.82) is 0 Å². The van der Waals surface area contributed by atoms with Crippen molar-refractivity contribution < 1.29 is 9.53 Å². The molecule has 0 unspecified atom stereocenters. The van der Waals surface area contributed by atoms with E-state index in [1.54, 1.807) is 6.92 Å². The third-order valence-electron chi connectivity index (χ3n) is 5.01. The molecule has 1 amide bonds. The first kappa shape index (κ1) is 24.0. The minimum absolute atomic E-state index is 0. The molecule has 0 spiro atoms. The molecule has 3 rings (SSSR count). The van der Waals surface area contributed by atoms with Gasteiger partial charge in [-0.15, -0.1) is 24.0 Å². The number of benzene rings is 2. The van der Waals surface area contributed by atoms with Gasteiger partial charge in [0.1, 0.15) is 12.4 Å². The second-order valence-corrected chi connectivity index (χ2v) is 7.03. The lowest BCUT2D eigenvalue weighted by atomic mass is 10.1. The van der Waals surface area contributed by atoms with Crippen LogP contribution in [0.4, 0.5) is 0 Å². The summed E-state index contributed by atoms with van der Waals surface area (Å²) >= 11 is 0. The maximum Gasteiger partial charge on any atom is 0.219 e. The summed E-state index contributed by atoms with van der Waals surface area (Å²) in [6.45, 7) is 8.68.